The first kappa shape index (κ1) is 22.9. The zero-order valence-electron chi connectivity index (χ0n) is 19.4. The van der Waals surface area contributed by atoms with Gasteiger partial charge >= 0.3 is 0 Å². The van der Waals surface area contributed by atoms with Gasteiger partial charge in [0.15, 0.2) is 0 Å². The number of halogens is 2. The molecule has 0 saturated carbocycles. The first-order valence-corrected chi connectivity index (χ1v) is 12.7. The van der Waals surface area contributed by atoms with Gasteiger partial charge in [0.25, 0.3) is 0 Å². The summed E-state index contributed by atoms with van der Waals surface area (Å²) in [5.74, 6) is 0. The number of piperidine rings is 1. The Kier molecular flexibility index (Phi) is 6.55. The van der Waals surface area contributed by atoms with E-state index in [2.05, 4.69) is 78.5 Å². The summed E-state index contributed by atoms with van der Waals surface area (Å²) >= 11 is 13.6. The predicted octanol–water partition coefficient (Wildman–Crippen LogP) is 7.21. The molecule has 3 aromatic carbocycles. The molecular weight excluding hydrogens is 447 g/mol. The molecule has 172 valence electrons. The summed E-state index contributed by atoms with van der Waals surface area (Å²) in [5.41, 5.74) is 3.95. The number of likely N-dealkylation sites (N-methyl/N-ethyl adjacent to an activating group) is 1. The van der Waals surface area contributed by atoms with Crippen LogP contribution in [0.4, 0.5) is 0 Å². The van der Waals surface area contributed by atoms with E-state index in [-0.39, 0.29) is 11.5 Å². The second-order valence-corrected chi connectivity index (χ2v) is 10.9. The van der Waals surface area contributed by atoms with Crippen molar-refractivity contribution in [2.24, 2.45) is 0 Å². The van der Waals surface area contributed by atoms with E-state index in [9.17, 15) is 0 Å². The first-order chi connectivity index (χ1) is 16.0. The largest absolute Gasteiger partial charge is 0.309 e. The molecule has 2 fully saturated rings. The van der Waals surface area contributed by atoms with Gasteiger partial charge in [-0.05, 0) is 68.6 Å². The minimum Gasteiger partial charge on any atom is -0.309 e. The van der Waals surface area contributed by atoms with Crippen molar-refractivity contribution in [3.8, 4) is 0 Å². The quantitative estimate of drug-likeness (QED) is 0.369. The normalized spacial score (nSPS) is 25.2. The van der Waals surface area contributed by atoms with Crippen LogP contribution in [-0.2, 0) is 5.41 Å². The van der Waals surface area contributed by atoms with Crippen LogP contribution in [-0.4, -0.2) is 42.5 Å². The van der Waals surface area contributed by atoms with Crippen LogP contribution in [0.15, 0.2) is 78.9 Å². The van der Waals surface area contributed by atoms with Gasteiger partial charge < -0.3 is 4.90 Å². The molecule has 0 N–H and O–H groups in total. The molecule has 3 aromatic rings. The summed E-state index contributed by atoms with van der Waals surface area (Å²) in [7, 11) is 4.41. The van der Waals surface area contributed by atoms with E-state index in [4.69, 9.17) is 23.2 Å². The lowest BCUT2D eigenvalue weighted by Gasteiger charge is -2.51. The van der Waals surface area contributed by atoms with Crippen molar-refractivity contribution in [2.45, 2.75) is 49.2 Å². The van der Waals surface area contributed by atoms with Crippen molar-refractivity contribution >= 4 is 23.2 Å². The number of fused-ring (bicyclic) bond motifs is 2. The van der Waals surface area contributed by atoms with Crippen LogP contribution in [0.25, 0.3) is 0 Å². The van der Waals surface area contributed by atoms with Crippen LogP contribution in [0.5, 0.6) is 0 Å². The van der Waals surface area contributed by atoms with Crippen LogP contribution >= 0.6 is 23.2 Å². The molecule has 0 amide bonds. The lowest BCUT2D eigenvalue weighted by Crippen LogP contribution is -2.54. The van der Waals surface area contributed by atoms with E-state index in [0.29, 0.717) is 12.1 Å². The fourth-order valence-corrected chi connectivity index (χ4v) is 7.02. The molecule has 2 saturated heterocycles. The zero-order valence-corrected chi connectivity index (χ0v) is 20.9. The summed E-state index contributed by atoms with van der Waals surface area (Å²) in [6.45, 7) is 1.07. The van der Waals surface area contributed by atoms with E-state index in [1.54, 1.807) is 0 Å². The van der Waals surface area contributed by atoms with Gasteiger partial charge in [0.2, 0.25) is 0 Å². The smallest absolute Gasteiger partial charge is 0.0636 e. The number of hydrogen-bond donors (Lipinski definition) is 0. The third kappa shape index (κ3) is 4.35. The molecule has 2 nitrogen and oxygen atoms in total. The molecule has 2 bridgehead atoms. The molecule has 5 rings (SSSR count). The van der Waals surface area contributed by atoms with Crippen LogP contribution < -0.4 is 0 Å². The van der Waals surface area contributed by atoms with Crippen LogP contribution in [0.3, 0.4) is 0 Å². The topological polar surface area (TPSA) is 6.48 Å². The maximum atomic E-state index is 6.80. The van der Waals surface area contributed by atoms with E-state index in [1.165, 1.54) is 18.4 Å². The van der Waals surface area contributed by atoms with Crippen molar-refractivity contribution < 1.29 is 0 Å². The minimum absolute atomic E-state index is 0.0676. The van der Waals surface area contributed by atoms with E-state index in [1.807, 2.05) is 24.3 Å². The Morgan fingerprint density at radius 3 is 1.76 bits per heavy atom. The molecule has 0 aromatic heterocycles. The third-order valence-corrected chi connectivity index (χ3v) is 8.32. The number of rotatable bonds is 6. The van der Waals surface area contributed by atoms with Gasteiger partial charge in [-0.25, -0.2) is 0 Å². The Hall–Kier alpha value is -1.84. The molecule has 2 heterocycles. The Labute approximate surface area is 208 Å². The summed E-state index contributed by atoms with van der Waals surface area (Å²) in [6.07, 6.45) is 4.74. The van der Waals surface area contributed by atoms with Crippen molar-refractivity contribution in [1.82, 2.24) is 9.80 Å². The monoisotopic (exact) mass is 478 g/mol. The van der Waals surface area contributed by atoms with Crippen LogP contribution in [0, 0.1) is 0 Å². The van der Waals surface area contributed by atoms with Gasteiger partial charge in [0, 0.05) is 34.1 Å². The van der Waals surface area contributed by atoms with Gasteiger partial charge in [0.05, 0.1) is 6.04 Å². The zero-order chi connectivity index (χ0) is 23.0. The molecule has 0 unspecified atom stereocenters. The Balaban J connectivity index is 1.58. The van der Waals surface area contributed by atoms with Gasteiger partial charge in [0.1, 0.15) is 0 Å². The molecule has 2 aliphatic heterocycles. The van der Waals surface area contributed by atoms with Crippen molar-refractivity contribution in [3.05, 3.63) is 106 Å². The fourth-order valence-electron chi connectivity index (χ4n) is 6.54. The molecule has 2 atom stereocenters. The van der Waals surface area contributed by atoms with Gasteiger partial charge in [-0.1, -0.05) is 89.9 Å². The number of benzene rings is 3. The fraction of sp³-hybridized carbons (Fsp3) is 0.379. The molecule has 0 aliphatic carbocycles. The Morgan fingerprint density at radius 2 is 1.27 bits per heavy atom. The van der Waals surface area contributed by atoms with Gasteiger partial charge in [-0.15, -0.1) is 0 Å². The predicted molar refractivity (Wildman–Crippen MR) is 139 cm³/mol. The first-order valence-electron chi connectivity index (χ1n) is 11.9. The third-order valence-electron chi connectivity index (χ3n) is 7.63. The van der Waals surface area contributed by atoms with Gasteiger partial charge in [-0.2, -0.15) is 0 Å². The van der Waals surface area contributed by atoms with Gasteiger partial charge in [-0.3, -0.25) is 4.90 Å². The van der Waals surface area contributed by atoms with Crippen molar-refractivity contribution in [3.63, 3.8) is 0 Å². The maximum Gasteiger partial charge on any atom is 0.0636 e. The summed E-state index contributed by atoms with van der Waals surface area (Å²) in [4.78, 5) is 5.11. The summed E-state index contributed by atoms with van der Waals surface area (Å²) in [5, 5.41) is 1.63. The van der Waals surface area contributed by atoms with Crippen molar-refractivity contribution in [2.75, 3.05) is 20.6 Å². The van der Waals surface area contributed by atoms with Crippen molar-refractivity contribution in [1.29, 1.82) is 0 Å². The summed E-state index contributed by atoms with van der Waals surface area (Å²) < 4.78 is 0. The molecule has 4 heteroatoms. The minimum atomic E-state index is 0.0676. The number of nitrogens with zero attached hydrogens (tertiary/aromatic N) is 2. The number of hydrogen-bond acceptors (Lipinski definition) is 2. The Morgan fingerprint density at radius 1 is 0.788 bits per heavy atom. The molecule has 2 aliphatic rings. The lowest BCUT2D eigenvalue weighted by molar-refractivity contribution is 0.0466. The van der Waals surface area contributed by atoms with Crippen LogP contribution in [0.1, 0.15) is 48.4 Å². The molecule has 0 radical (unpaired) electrons. The highest BCUT2D eigenvalue weighted by atomic mass is 35.5. The molecule has 0 spiro atoms. The lowest BCUT2D eigenvalue weighted by atomic mass is 9.69. The average molecular weight is 479 g/mol. The molecule has 33 heavy (non-hydrogen) atoms. The van der Waals surface area contributed by atoms with E-state index in [0.717, 1.165) is 40.6 Å². The SMILES string of the molecule is CN(C)CC1(c2ccccc2)C[C@@H]2CC[C@@H](C1)N2C(c1ccccc1Cl)c1ccccc1Cl. The highest BCUT2D eigenvalue weighted by molar-refractivity contribution is 6.32. The standard InChI is InChI=1S/C29H32Cl2N2/c1-32(2)20-29(21-10-4-3-5-11-21)18-22-16-17-23(19-29)33(22)28(24-12-6-8-14-26(24)30)25-13-7-9-15-27(25)31/h3-15,22-23,28H,16-20H2,1-2H3/t22-,23-/m0/s1. The summed E-state index contributed by atoms with van der Waals surface area (Å²) in [6, 6.07) is 28.8. The maximum absolute atomic E-state index is 6.80. The second kappa shape index (κ2) is 9.43. The average Bonchev–Trinajstić information content (AvgIpc) is 3.07. The highest BCUT2D eigenvalue weighted by Crippen LogP contribution is 2.52. The van der Waals surface area contributed by atoms with Crippen LogP contribution in [0.2, 0.25) is 10.0 Å². The van der Waals surface area contributed by atoms with E-state index < -0.39 is 0 Å². The molecular formula is C29H32Cl2N2. The second-order valence-electron chi connectivity index (χ2n) is 10.1. The Bertz CT molecular complexity index is 1040. The highest BCUT2D eigenvalue weighted by Gasteiger charge is 2.51. The van der Waals surface area contributed by atoms with E-state index >= 15 is 0 Å².